The molecule has 2 unspecified atom stereocenters. The average molecular weight is 468 g/mol. The van der Waals surface area contributed by atoms with Gasteiger partial charge >= 0.3 is 5.97 Å². The number of benzene rings is 3. The molecule has 5 rings (SSSR count). The van der Waals surface area contributed by atoms with Crippen molar-refractivity contribution in [3.63, 3.8) is 0 Å². The van der Waals surface area contributed by atoms with Gasteiger partial charge in [-0.1, -0.05) is 73.7 Å². The maximum atomic E-state index is 14.0. The van der Waals surface area contributed by atoms with Crippen LogP contribution in [0.2, 0.25) is 0 Å². The number of carbonyl (C=O) groups is 2. The summed E-state index contributed by atoms with van der Waals surface area (Å²) in [7, 11) is 0. The van der Waals surface area contributed by atoms with E-state index < -0.39 is 17.9 Å². The van der Waals surface area contributed by atoms with E-state index >= 15 is 0 Å². The monoisotopic (exact) mass is 467 g/mol. The van der Waals surface area contributed by atoms with Crippen molar-refractivity contribution in [2.75, 3.05) is 18.1 Å². The number of fused-ring (bicyclic) bond motifs is 3. The molecule has 0 saturated heterocycles. The number of hydrogen-bond acceptors (Lipinski definition) is 4. The number of esters is 1. The van der Waals surface area contributed by atoms with Crippen molar-refractivity contribution in [1.29, 1.82) is 0 Å². The Bertz CT molecular complexity index is 1340. The zero-order chi connectivity index (χ0) is 24.4. The zero-order valence-corrected chi connectivity index (χ0v) is 20.1. The highest BCUT2D eigenvalue weighted by atomic mass is 16.5. The molecule has 6 nitrogen and oxygen atoms in total. The Morgan fingerprint density at radius 3 is 2.34 bits per heavy atom. The molecule has 1 aromatic heterocycles. The van der Waals surface area contributed by atoms with Crippen LogP contribution in [0.5, 0.6) is 0 Å². The lowest BCUT2D eigenvalue weighted by Crippen LogP contribution is -2.50. The molecule has 6 heteroatoms. The van der Waals surface area contributed by atoms with Crippen molar-refractivity contribution in [3.05, 3.63) is 95.6 Å². The summed E-state index contributed by atoms with van der Waals surface area (Å²) >= 11 is 0. The van der Waals surface area contributed by atoms with Gasteiger partial charge in [-0.25, -0.2) is 4.98 Å². The number of anilines is 1. The maximum Gasteiger partial charge on any atom is 0.321 e. The minimum atomic E-state index is -0.997. The number of rotatable bonds is 7. The third kappa shape index (κ3) is 4.20. The van der Waals surface area contributed by atoms with Crippen molar-refractivity contribution in [3.8, 4) is 0 Å². The summed E-state index contributed by atoms with van der Waals surface area (Å²) in [6, 6.07) is 25.5. The van der Waals surface area contributed by atoms with Crippen molar-refractivity contribution < 1.29 is 14.3 Å². The summed E-state index contributed by atoms with van der Waals surface area (Å²) in [5.74, 6) is -1.21. The number of amides is 1. The van der Waals surface area contributed by atoms with Crippen LogP contribution in [-0.2, 0) is 27.2 Å². The second-order valence-corrected chi connectivity index (χ2v) is 8.77. The van der Waals surface area contributed by atoms with Crippen molar-refractivity contribution in [2.45, 2.75) is 32.7 Å². The van der Waals surface area contributed by atoms with E-state index in [4.69, 9.17) is 9.72 Å². The fourth-order valence-electron chi connectivity index (χ4n) is 4.90. The van der Waals surface area contributed by atoms with Gasteiger partial charge in [0.05, 0.1) is 23.7 Å². The van der Waals surface area contributed by atoms with E-state index in [-0.39, 0.29) is 12.5 Å². The fourth-order valence-corrected chi connectivity index (χ4v) is 4.90. The van der Waals surface area contributed by atoms with E-state index in [0.717, 1.165) is 28.6 Å². The van der Waals surface area contributed by atoms with E-state index in [1.54, 1.807) is 11.8 Å². The number of para-hydroxylation sites is 2. The first-order chi connectivity index (χ1) is 17.1. The van der Waals surface area contributed by atoms with Crippen LogP contribution in [0.25, 0.3) is 11.0 Å². The second-order valence-electron chi connectivity index (χ2n) is 8.77. The summed E-state index contributed by atoms with van der Waals surface area (Å²) in [6.45, 7) is 4.50. The molecule has 2 atom stereocenters. The molecule has 1 aliphatic heterocycles. The number of carbonyl (C=O) groups excluding carboxylic acids is 2. The SMILES string of the molecule is CCOC(=O)C1C(=O)N(CCc2ccccc2)c2nc3ccccc3n2C1c1ccc(CC)cc1. The van der Waals surface area contributed by atoms with Gasteiger partial charge in [-0.2, -0.15) is 0 Å². The largest absolute Gasteiger partial charge is 0.465 e. The molecule has 4 aromatic rings. The average Bonchev–Trinajstić information content (AvgIpc) is 3.27. The Morgan fingerprint density at radius 2 is 1.63 bits per heavy atom. The van der Waals surface area contributed by atoms with Crippen LogP contribution in [0.15, 0.2) is 78.9 Å². The number of aromatic nitrogens is 2. The number of hydrogen-bond donors (Lipinski definition) is 0. The van der Waals surface area contributed by atoms with Gasteiger partial charge in [-0.3, -0.25) is 14.5 Å². The smallest absolute Gasteiger partial charge is 0.321 e. The van der Waals surface area contributed by atoms with E-state index in [1.807, 2.05) is 71.3 Å². The van der Waals surface area contributed by atoms with Crippen LogP contribution in [0.4, 0.5) is 5.95 Å². The van der Waals surface area contributed by atoms with Gasteiger partial charge in [0.15, 0.2) is 5.92 Å². The number of imidazole rings is 1. The van der Waals surface area contributed by atoms with Gasteiger partial charge in [0.25, 0.3) is 0 Å². The predicted octanol–water partition coefficient (Wildman–Crippen LogP) is 4.96. The first kappa shape index (κ1) is 22.8. The van der Waals surface area contributed by atoms with Gasteiger partial charge < -0.3 is 9.30 Å². The summed E-state index contributed by atoms with van der Waals surface area (Å²) < 4.78 is 7.49. The van der Waals surface area contributed by atoms with Crippen LogP contribution in [-0.4, -0.2) is 34.6 Å². The molecule has 2 heterocycles. The van der Waals surface area contributed by atoms with Gasteiger partial charge in [0, 0.05) is 6.54 Å². The Hall–Kier alpha value is -3.93. The molecule has 0 N–H and O–H groups in total. The molecule has 0 aliphatic carbocycles. The summed E-state index contributed by atoms with van der Waals surface area (Å²) in [5, 5.41) is 0. The Morgan fingerprint density at radius 1 is 0.914 bits per heavy atom. The highest BCUT2D eigenvalue weighted by Gasteiger charge is 2.47. The first-order valence-corrected chi connectivity index (χ1v) is 12.2. The molecule has 0 saturated carbocycles. The lowest BCUT2D eigenvalue weighted by molar-refractivity contribution is -0.153. The van der Waals surface area contributed by atoms with Gasteiger partial charge in [-0.05, 0) is 48.6 Å². The van der Waals surface area contributed by atoms with Crippen molar-refractivity contribution in [1.82, 2.24) is 9.55 Å². The number of ether oxygens (including phenoxy) is 1. The highest BCUT2D eigenvalue weighted by molar-refractivity contribution is 6.08. The molecule has 0 bridgehead atoms. The van der Waals surface area contributed by atoms with Crippen LogP contribution in [0.3, 0.4) is 0 Å². The van der Waals surface area contributed by atoms with E-state index in [9.17, 15) is 9.59 Å². The lowest BCUT2D eigenvalue weighted by Gasteiger charge is -2.38. The zero-order valence-electron chi connectivity index (χ0n) is 20.1. The van der Waals surface area contributed by atoms with Gasteiger partial charge in [0.2, 0.25) is 11.9 Å². The topological polar surface area (TPSA) is 64.4 Å². The first-order valence-electron chi connectivity index (χ1n) is 12.2. The van der Waals surface area contributed by atoms with Gasteiger partial charge in [-0.15, -0.1) is 0 Å². The molecule has 0 spiro atoms. The fraction of sp³-hybridized carbons (Fsp3) is 0.276. The van der Waals surface area contributed by atoms with E-state index in [1.165, 1.54) is 5.56 Å². The predicted molar refractivity (Wildman–Crippen MR) is 136 cm³/mol. The van der Waals surface area contributed by atoms with Crippen LogP contribution in [0, 0.1) is 5.92 Å². The Kier molecular flexibility index (Phi) is 6.36. The normalized spacial score (nSPS) is 17.4. The van der Waals surface area contributed by atoms with Crippen LogP contribution < -0.4 is 4.90 Å². The third-order valence-corrected chi connectivity index (χ3v) is 6.68. The van der Waals surface area contributed by atoms with E-state index in [0.29, 0.717) is 18.9 Å². The van der Waals surface area contributed by atoms with Crippen LogP contribution in [0.1, 0.15) is 36.6 Å². The summed E-state index contributed by atoms with van der Waals surface area (Å²) in [4.78, 5) is 33.8. The van der Waals surface area contributed by atoms with Crippen molar-refractivity contribution >= 4 is 28.9 Å². The Labute approximate surface area is 205 Å². The highest BCUT2D eigenvalue weighted by Crippen LogP contribution is 2.41. The third-order valence-electron chi connectivity index (χ3n) is 6.68. The molecular formula is C29H29N3O3. The number of aryl methyl sites for hydroxylation is 1. The van der Waals surface area contributed by atoms with Crippen molar-refractivity contribution in [2.24, 2.45) is 5.92 Å². The lowest BCUT2D eigenvalue weighted by atomic mass is 9.88. The van der Waals surface area contributed by atoms with Gasteiger partial charge in [0.1, 0.15) is 0 Å². The minimum absolute atomic E-state index is 0.214. The maximum absolute atomic E-state index is 14.0. The molecular weight excluding hydrogens is 438 g/mol. The molecule has 178 valence electrons. The minimum Gasteiger partial charge on any atom is -0.465 e. The Balaban J connectivity index is 1.67. The second kappa shape index (κ2) is 9.74. The molecule has 0 fully saturated rings. The molecule has 0 radical (unpaired) electrons. The molecule has 3 aromatic carbocycles. The molecule has 1 aliphatic rings. The summed E-state index contributed by atoms with van der Waals surface area (Å²) in [6.07, 6.45) is 1.57. The summed E-state index contributed by atoms with van der Waals surface area (Å²) in [5.41, 5.74) is 4.88. The molecule has 35 heavy (non-hydrogen) atoms. The van der Waals surface area contributed by atoms with E-state index in [2.05, 4.69) is 19.1 Å². The quantitative estimate of drug-likeness (QED) is 0.285. The van der Waals surface area contributed by atoms with Crippen LogP contribution >= 0.6 is 0 Å². The standard InChI is InChI=1S/C29H29N3O3/c1-3-20-14-16-22(17-15-20)26-25(28(34)35-4-2)27(33)31(19-18-21-10-6-5-7-11-21)29-30-23-12-8-9-13-24(23)32(26)29/h5-17,25-26H,3-4,18-19H2,1-2H3. The number of nitrogens with zero attached hydrogens (tertiary/aromatic N) is 3. The molecule has 1 amide bonds.